The second-order valence-electron chi connectivity index (χ2n) is 40.3. The van der Waals surface area contributed by atoms with Gasteiger partial charge in [0.1, 0.15) is 39.9 Å². The molecule has 6 aliphatic rings. The van der Waals surface area contributed by atoms with Gasteiger partial charge in [-0.1, -0.05) is 112 Å². The molecule has 11 N–H and O–H groups in total. The number of likely N-dealkylation sites (tertiary alicyclic amines) is 6. The molecular formula is C106H133Cl2N31O11. The van der Waals surface area contributed by atoms with E-state index in [2.05, 4.69) is 134 Å². The fraction of sp³-hybridized carbons (Fsp3) is 0.434. The molecule has 42 nitrogen and oxygen atoms in total. The highest BCUT2D eigenvalue weighted by Gasteiger charge is 2.38. The Morgan fingerprint density at radius 2 is 0.673 bits per heavy atom. The molecule has 44 heteroatoms. The maximum absolute atomic E-state index is 12.8. The van der Waals surface area contributed by atoms with Gasteiger partial charge >= 0.3 is 0 Å². The van der Waals surface area contributed by atoms with Crippen LogP contribution in [0.15, 0.2) is 159 Å². The molecule has 6 fully saturated rings. The second-order valence-corrected chi connectivity index (χ2v) is 41.2. The van der Waals surface area contributed by atoms with Crippen molar-refractivity contribution in [3.8, 4) is 11.1 Å². The Morgan fingerprint density at radius 3 is 1.01 bits per heavy atom. The third kappa shape index (κ3) is 29.3. The highest BCUT2D eigenvalue weighted by molar-refractivity contribution is 6.31. The number of aromatic amines is 6. The van der Waals surface area contributed by atoms with E-state index in [1.54, 1.807) is 168 Å². The fourth-order valence-electron chi connectivity index (χ4n) is 17.7. The van der Waals surface area contributed by atoms with Gasteiger partial charge in [-0.15, -0.1) is 0 Å². The van der Waals surface area contributed by atoms with Gasteiger partial charge in [0.15, 0.2) is 0 Å². The van der Waals surface area contributed by atoms with Gasteiger partial charge in [0.2, 0.25) is 0 Å². The quantitative estimate of drug-likeness (QED) is 0.0268. The lowest BCUT2D eigenvalue weighted by Crippen LogP contribution is -2.38. The van der Waals surface area contributed by atoms with Crippen molar-refractivity contribution in [1.29, 1.82) is 0 Å². The van der Waals surface area contributed by atoms with Crippen LogP contribution in [0.3, 0.4) is 0 Å². The van der Waals surface area contributed by atoms with Crippen LogP contribution in [0.4, 0.5) is 0 Å². The van der Waals surface area contributed by atoms with E-state index in [1.807, 2.05) is 107 Å². The van der Waals surface area contributed by atoms with E-state index >= 15 is 0 Å². The number of carbonyl (C=O) groups excluding carboxylic acids is 11. The number of aromatic nitrogens is 20. The van der Waals surface area contributed by atoms with Crippen molar-refractivity contribution in [3.05, 3.63) is 276 Å². The number of H-pyrrole nitrogens is 6. The maximum atomic E-state index is 12.8. The van der Waals surface area contributed by atoms with Gasteiger partial charge in [-0.05, 0) is 196 Å². The number of nitrogens with one attached hydrogen (secondary N) is 11. The molecule has 6 unspecified atom stereocenters. The molecule has 0 radical (unpaired) electrons. The van der Waals surface area contributed by atoms with E-state index in [9.17, 15) is 52.7 Å². The molecule has 0 aliphatic carbocycles. The van der Waals surface area contributed by atoms with Crippen LogP contribution in [0, 0.1) is 6.92 Å². The Kier molecular flexibility index (Phi) is 37.0. The lowest BCUT2D eigenvalue weighted by atomic mass is 10.00. The van der Waals surface area contributed by atoms with Gasteiger partial charge < -0.3 is 56.0 Å². The van der Waals surface area contributed by atoms with E-state index < -0.39 is 0 Å². The molecule has 13 aromatic rings. The van der Waals surface area contributed by atoms with Crippen LogP contribution in [-0.2, 0) is 21.1 Å². The van der Waals surface area contributed by atoms with Crippen molar-refractivity contribution >= 4 is 88.2 Å². The fourth-order valence-corrected chi connectivity index (χ4v) is 18.0. The first kappa shape index (κ1) is 110. The Balaban J connectivity index is 0.000000142. The summed E-state index contributed by atoms with van der Waals surface area (Å²) in [5, 5.41) is 70.4. The molecule has 6 atom stereocenters. The number of aryl methyl sites for hydroxylation is 4. The van der Waals surface area contributed by atoms with Gasteiger partial charge in [0.05, 0.1) is 23.5 Å². The minimum absolute atomic E-state index is 0.00853. The molecule has 6 aliphatic heterocycles. The summed E-state index contributed by atoms with van der Waals surface area (Å²) in [6, 6.07) is 33.5. The summed E-state index contributed by atoms with van der Waals surface area (Å²) in [6.45, 7) is 33.5. The van der Waals surface area contributed by atoms with Crippen LogP contribution in [0.2, 0.25) is 10.0 Å². The third-order valence-corrected chi connectivity index (χ3v) is 27.1. The third-order valence-electron chi connectivity index (χ3n) is 26.6. The number of amides is 11. The van der Waals surface area contributed by atoms with Gasteiger partial charge in [-0.3, -0.25) is 107 Å². The summed E-state index contributed by atoms with van der Waals surface area (Å²) in [4.78, 5) is 156. The van der Waals surface area contributed by atoms with E-state index in [1.165, 1.54) is 12.4 Å². The van der Waals surface area contributed by atoms with Crippen molar-refractivity contribution in [1.82, 2.24) is 156 Å². The lowest BCUT2D eigenvalue weighted by molar-refractivity contribution is 0.0773. The van der Waals surface area contributed by atoms with Crippen LogP contribution >= 0.6 is 23.2 Å². The molecule has 11 aromatic heterocycles. The molecule has 0 spiro atoms. The molecule has 0 saturated carbocycles. The molecule has 792 valence electrons. The van der Waals surface area contributed by atoms with Gasteiger partial charge in [-0.25, -0.2) is 0 Å². The number of carbonyl (C=O) groups is 11. The number of halogens is 2. The molecule has 2 aromatic carbocycles. The van der Waals surface area contributed by atoms with Crippen LogP contribution in [0.1, 0.15) is 323 Å². The summed E-state index contributed by atoms with van der Waals surface area (Å²) in [5.41, 5.74) is 15.1. The number of hydrogen-bond acceptors (Lipinski definition) is 22. The van der Waals surface area contributed by atoms with Crippen molar-refractivity contribution in [2.45, 2.75) is 200 Å². The first-order valence-electron chi connectivity index (χ1n) is 50.7. The number of nitrogens with zero attached hydrogens (tertiary/aromatic N) is 20. The van der Waals surface area contributed by atoms with Gasteiger partial charge in [-0.2, -0.15) is 45.9 Å². The Morgan fingerprint density at radius 1 is 0.327 bits per heavy atom. The Bertz CT molecular complexity index is 6730. The summed E-state index contributed by atoms with van der Waals surface area (Å²) in [5.74, 6) is 0.630. The van der Waals surface area contributed by atoms with E-state index in [4.69, 9.17) is 28.2 Å². The predicted octanol–water partition coefficient (Wildman–Crippen LogP) is 12.3. The molecular weight excluding hydrogens is 1950 g/mol. The van der Waals surface area contributed by atoms with Crippen molar-refractivity contribution in [2.75, 3.05) is 78.5 Å². The average molecular weight is 2090 g/mol. The maximum Gasteiger partial charge on any atom is 0.274 e. The van der Waals surface area contributed by atoms with Crippen LogP contribution < -0.4 is 26.6 Å². The van der Waals surface area contributed by atoms with Crippen LogP contribution in [0.5, 0.6) is 0 Å². The minimum atomic E-state index is -0.211. The number of pyridine rings is 2. The first-order valence-corrected chi connectivity index (χ1v) is 51.4. The molecule has 0 bridgehead atoms. The van der Waals surface area contributed by atoms with E-state index in [0.29, 0.717) is 174 Å². The second kappa shape index (κ2) is 50.4. The average Bonchev–Trinajstić information content (AvgIpc) is 1.65. The topological polar surface area (TPSA) is 519 Å². The zero-order valence-corrected chi connectivity index (χ0v) is 88.9. The largest absolute Gasteiger partial charge is 0.347 e. The molecule has 6 saturated heterocycles. The van der Waals surface area contributed by atoms with Crippen molar-refractivity contribution in [2.24, 2.45) is 21.1 Å². The first-order chi connectivity index (χ1) is 71.7. The smallest absolute Gasteiger partial charge is 0.274 e. The van der Waals surface area contributed by atoms with Crippen LogP contribution in [-0.4, -0.2) is 304 Å². The monoisotopic (exact) mass is 2090 g/mol. The number of benzene rings is 2. The highest BCUT2D eigenvalue weighted by Crippen LogP contribution is 2.33. The lowest BCUT2D eigenvalue weighted by Gasteiger charge is -2.16. The molecule has 11 amide bonds. The molecule has 19 rings (SSSR count). The van der Waals surface area contributed by atoms with E-state index in [0.717, 1.165) is 102 Å². The predicted molar refractivity (Wildman–Crippen MR) is 563 cm³/mol. The molecule has 150 heavy (non-hydrogen) atoms. The minimum Gasteiger partial charge on any atom is -0.347 e. The Hall–Kier alpha value is -15.6. The van der Waals surface area contributed by atoms with Crippen molar-refractivity contribution < 1.29 is 52.7 Å². The number of rotatable bonds is 24. The van der Waals surface area contributed by atoms with Crippen molar-refractivity contribution in [3.63, 3.8) is 0 Å². The summed E-state index contributed by atoms with van der Waals surface area (Å²) < 4.78 is 4.97. The Labute approximate surface area is 879 Å². The normalized spacial score (nSPS) is 17.2. The summed E-state index contributed by atoms with van der Waals surface area (Å²) in [7, 11) is 5.45. The van der Waals surface area contributed by atoms with Gasteiger partial charge in [0, 0.05) is 239 Å². The van der Waals surface area contributed by atoms with E-state index in [-0.39, 0.29) is 107 Å². The zero-order chi connectivity index (χ0) is 107. The SMILES string of the molecule is CC(C)c1cc(C(=O)N2CCC(NC(=O)c3ccc(Cl)cc3)C2)n[nH]1.CC(C)c1cc(C(=O)N2CCC(NC(=O)c3cccc(Cl)c3)C2)n[nH]1.CC(C)c1cc(C(=O)N2CCC(NC(=O)c3cccnc3)C2)n[nH]1.CC(C)c1cc(C(=O)N2CCC(NC(=O)c3ccn(C)n3)C2)n[nH]1.CC(C)c1cc(C(=O)N2CCC(NC(=O)c3cnn(C)c3)C2)n[nH]1.Cc1cc(-c2cnn(C)c2)cc(C2CCN(C(=O)c3cc(C(C)C)[nH]n3)C2)n1. The number of hydrogen-bond donors (Lipinski definition) is 11. The standard InChI is InChI=1S/C21H26N6O.2C18H21ClN4O2.C17H21N5O2.2C16H22N6O2/c1-13(2)18-9-20(25-24-18)21(28)27-6-5-15(12-27)19-8-16(7-14(3)23-19)17-10-22-26(4)11-17;1-11(2)15-9-16(22-21-15)18(25)23-8-7-14(10-23)20-17(24)12-3-5-13(19)6-4-12;1-11(2)15-9-16(22-21-15)18(25)23-7-6-14(10-23)20-17(24)12-4-3-5-13(19)8-12;1-11(2)14-8-15(21-20-14)17(24)22-7-5-13(10-22)19-16(23)12-4-3-6-18-9-12;1-10(2)13-8-14(19-18-13)16(24)22-7-4-11(9-22)17-15(23)12-5-6-21(3)20-12;1-10(2)13-6-14(20-19-13)16(24)22-5-4-12(9-22)18-15(23)11-7-17-21(3)8-11/h7-11,13,15H,5-6,12H2,1-4H3,(H,24,25);3-6,9,11,14H,7-8,10H2,1-2H3,(H,20,24)(H,21,22);3-5,8-9,11,14H,6-7,10H2,1-2H3,(H,20,24)(H,21,22);3-4,6,8-9,11,13H,5,7,10H2,1-2H3,(H,19,23)(H,20,21);5-6,8,10-11H,4,7,9H2,1-3H3,(H,17,23)(H,18,19);6-8,10,12H,4-5,9H2,1-3H3,(H,18,23)(H,19,20). The molecule has 17 heterocycles. The highest BCUT2D eigenvalue weighted by atomic mass is 35.5. The summed E-state index contributed by atoms with van der Waals surface area (Å²) in [6.07, 6.45) is 16.5. The zero-order valence-electron chi connectivity index (χ0n) is 87.4. The summed E-state index contributed by atoms with van der Waals surface area (Å²) >= 11 is 11.8. The van der Waals surface area contributed by atoms with Gasteiger partial charge in [0.25, 0.3) is 65.0 Å². The van der Waals surface area contributed by atoms with Crippen LogP contribution in [0.25, 0.3) is 11.1 Å².